The van der Waals surface area contributed by atoms with Crippen LogP contribution < -0.4 is 10.2 Å². The summed E-state index contributed by atoms with van der Waals surface area (Å²) in [6, 6.07) is 22.0. The molecule has 0 spiro atoms. The fourth-order valence-electron chi connectivity index (χ4n) is 5.58. The van der Waals surface area contributed by atoms with Crippen LogP contribution in [0.15, 0.2) is 77.8 Å². The van der Waals surface area contributed by atoms with Crippen molar-refractivity contribution in [2.75, 3.05) is 43.4 Å². The van der Waals surface area contributed by atoms with Gasteiger partial charge in [-0.1, -0.05) is 45.0 Å². The average molecular weight is 618 g/mol. The summed E-state index contributed by atoms with van der Waals surface area (Å²) >= 11 is 0. The van der Waals surface area contributed by atoms with E-state index in [2.05, 4.69) is 49.4 Å². The van der Waals surface area contributed by atoms with Crippen LogP contribution in [0.1, 0.15) is 58.4 Å². The highest BCUT2D eigenvalue weighted by molar-refractivity contribution is 6.13. The Bertz CT molecular complexity index is 1940. The minimum atomic E-state index is -0.307. The van der Waals surface area contributed by atoms with Gasteiger partial charge in [0.2, 0.25) is 0 Å². The Morgan fingerprint density at radius 2 is 1.65 bits per heavy atom. The van der Waals surface area contributed by atoms with E-state index in [0.717, 1.165) is 42.9 Å². The van der Waals surface area contributed by atoms with Crippen molar-refractivity contribution in [3.63, 3.8) is 0 Å². The molecular formula is C36H39N7O3. The maximum Gasteiger partial charge on any atom is 0.273 e. The Hall–Kier alpha value is -5.22. The van der Waals surface area contributed by atoms with Gasteiger partial charge in [0.25, 0.3) is 5.91 Å². The van der Waals surface area contributed by atoms with Crippen molar-refractivity contribution in [2.45, 2.75) is 26.2 Å². The topological polar surface area (TPSA) is 119 Å². The zero-order valence-electron chi connectivity index (χ0n) is 26.8. The summed E-state index contributed by atoms with van der Waals surface area (Å²) in [7, 11) is 3.88. The van der Waals surface area contributed by atoms with Crippen LogP contribution in [0.5, 0.6) is 5.88 Å². The van der Waals surface area contributed by atoms with Crippen LogP contribution in [0.3, 0.4) is 0 Å². The number of piperazine rings is 1. The first-order valence-corrected chi connectivity index (χ1v) is 15.4. The van der Waals surface area contributed by atoms with Gasteiger partial charge in [0, 0.05) is 78.3 Å². The van der Waals surface area contributed by atoms with Crippen molar-refractivity contribution in [2.24, 2.45) is 12.0 Å². The van der Waals surface area contributed by atoms with Crippen LogP contribution in [0, 0.1) is 0 Å². The number of ketones is 1. The van der Waals surface area contributed by atoms with Crippen LogP contribution in [-0.4, -0.2) is 75.9 Å². The number of aliphatic imine (C=N–C) groups is 1. The van der Waals surface area contributed by atoms with Crippen LogP contribution in [0.2, 0.25) is 0 Å². The second kappa shape index (κ2) is 12.3. The number of hydrogen-bond donors (Lipinski definition) is 3. The highest BCUT2D eigenvalue weighted by Gasteiger charge is 2.22. The number of fused-ring (bicyclic) bond motifs is 1. The van der Waals surface area contributed by atoms with Gasteiger partial charge >= 0.3 is 0 Å². The number of nitrogens with one attached hydrogen (secondary N) is 2. The van der Waals surface area contributed by atoms with Crippen LogP contribution in [0.4, 0.5) is 17.1 Å². The minimum absolute atomic E-state index is 0.0214. The molecule has 2 aromatic heterocycles. The number of aryl methyl sites for hydroxylation is 1. The Balaban J connectivity index is 1.16. The van der Waals surface area contributed by atoms with E-state index in [1.165, 1.54) is 5.69 Å². The van der Waals surface area contributed by atoms with Crippen molar-refractivity contribution in [3.8, 4) is 5.88 Å². The highest BCUT2D eigenvalue weighted by atomic mass is 16.3. The van der Waals surface area contributed by atoms with E-state index < -0.39 is 0 Å². The molecule has 46 heavy (non-hydrogen) atoms. The number of rotatable bonds is 7. The number of aromatic hydroxyl groups is 1. The van der Waals surface area contributed by atoms with Crippen molar-refractivity contribution in [1.29, 1.82) is 0 Å². The van der Waals surface area contributed by atoms with E-state index in [9.17, 15) is 14.7 Å². The van der Waals surface area contributed by atoms with E-state index in [-0.39, 0.29) is 23.0 Å². The van der Waals surface area contributed by atoms with Gasteiger partial charge in [0.1, 0.15) is 5.69 Å². The van der Waals surface area contributed by atoms with E-state index in [0.29, 0.717) is 33.6 Å². The number of likely N-dealkylation sites (N-methyl/N-ethyl adjacent to an activating group) is 1. The lowest BCUT2D eigenvalue weighted by Crippen LogP contribution is -2.44. The van der Waals surface area contributed by atoms with E-state index >= 15 is 0 Å². The zero-order valence-corrected chi connectivity index (χ0v) is 26.8. The molecule has 236 valence electrons. The molecule has 0 unspecified atom stereocenters. The molecule has 1 saturated heterocycles. The molecule has 10 heteroatoms. The van der Waals surface area contributed by atoms with Crippen molar-refractivity contribution in [3.05, 3.63) is 101 Å². The predicted octanol–water partition coefficient (Wildman–Crippen LogP) is 5.89. The number of benzene rings is 3. The Labute approximate surface area is 268 Å². The largest absolute Gasteiger partial charge is 0.494 e. The summed E-state index contributed by atoms with van der Waals surface area (Å²) in [5, 5.41) is 18.8. The summed E-state index contributed by atoms with van der Waals surface area (Å²) in [5.74, 6) is -0.538. The lowest BCUT2D eigenvalue weighted by molar-refractivity contribution is 0.101. The average Bonchev–Trinajstić information content (AvgIpc) is 3.59. The van der Waals surface area contributed by atoms with Crippen LogP contribution >= 0.6 is 0 Å². The minimum Gasteiger partial charge on any atom is -0.494 e. The number of carbonyl (C=O) groups is 2. The molecule has 1 amide bonds. The van der Waals surface area contributed by atoms with Crippen LogP contribution in [0.25, 0.3) is 10.9 Å². The Morgan fingerprint density at radius 3 is 2.35 bits per heavy atom. The molecule has 1 aliphatic heterocycles. The predicted molar refractivity (Wildman–Crippen MR) is 183 cm³/mol. The van der Waals surface area contributed by atoms with Gasteiger partial charge in [0.05, 0.1) is 16.9 Å². The quantitative estimate of drug-likeness (QED) is 0.155. The van der Waals surface area contributed by atoms with Crippen molar-refractivity contribution in [1.82, 2.24) is 19.7 Å². The molecule has 1 fully saturated rings. The smallest absolute Gasteiger partial charge is 0.273 e. The number of aromatic amines is 1. The van der Waals surface area contributed by atoms with Gasteiger partial charge in [-0.25, -0.2) is 0 Å². The normalized spacial score (nSPS) is 14.3. The number of amides is 1. The fraction of sp³-hybridized carbons (Fsp3) is 0.278. The molecule has 3 N–H and O–H groups in total. The molecule has 1 aliphatic rings. The van der Waals surface area contributed by atoms with Crippen molar-refractivity contribution >= 4 is 45.9 Å². The molecule has 0 aliphatic carbocycles. The molecule has 6 rings (SSSR count). The van der Waals surface area contributed by atoms with Crippen molar-refractivity contribution < 1.29 is 14.7 Å². The molecule has 0 saturated carbocycles. The zero-order chi connectivity index (χ0) is 32.6. The summed E-state index contributed by atoms with van der Waals surface area (Å²) in [4.78, 5) is 38.8. The molecule has 3 aromatic carbocycles. The molecular weight excluding hydrogens is 578 g/mol. The van der Waals surface area contributed by atoms with Gasteiger partial charge in [0.15, 0.2) is 11.7 Å². The number of carbonyl (C=O) groups excluding carboxylic acids is 2. The third-order valence-corrected chi connectivity index (χ3v) is 8.40. The summed E-state index contributed by atoms with van der Waals surface area (Å²) in [6.07, 6.45) is 1.64. The van der Waals surface area contributed by atoms with Gasteiger partial charge in [-0.2, -0.15) is 5.10 Å². The lowest BCUT2D eigenvalue weighted by Gasteiger charge is -2.34. The van der Waals surface area contributed by atoms with Gasteiger partial charge in [-0.05, 0) is 55.6 Å². The van der Waals surface area contributed by atoms with Crippen LogP contribution in [-0.2, 0) is 12.5 Å². The maximum atomic E-state index is 13.5. The van der Waals surface area contributed by atoms with Gasteiger partial charge in [-0.15, -0.1) is 0 Å². The number of nitrogens with zero attached hydrogens (tertiary/aromatic N) is 5. The first kappa shape index (κ1) is 30.8. The third kappa shape index (κ3) is 6.43. The molecule has 0 atom stereocenters. The number of hydrogen-bond acceptors (Lipinski definition) is 7. The van der Waals surface area contributed by atoms with E-state index in [1.54, 1.807) is 66.5 Å². The molecule has 0 radical (unpaired) electrons. The molecule has 5 aromatic rings. The SMILES string of the molecule is CN1CCN(c2ccc(N=Cc3c(O)[nH]c4cc(C(=O)c5cccc(NC(=O)c6cc(C(C)(C)C)nn6C)c5)ccc34)cc2)CC1. The summed E-state index contributed by atoms with van der Waals surface area (Å²) < 4.78 is 1.57. The standard InChI is InChI=1S/C36H39N7O3/c1-36(2,3)32-21-31(42(5)40-32)35(46)38-26-8-6-7-23(19-26)33(44)24-9-14-28-29(34(45)39-30(28)20-24)22-37-25-10-12-27(13-11-25)43-17-15-41(4)16-18-43/h6-14,19-22,39,45H,15-18H2,1-5H3,(H,38,46). The number of aromatic nitrogens is 3. The van der Waals surface area contributed by atoms with Gasteiger partial charge < -0.3 is 25.2 Å². The second-order valence-electron chi connectivity index (χ2n) is 12.9. The number of H-pyrrole nitrogens is 1. The Kier molecular flexibility index (Phi) is 8.22. The molecule has 10 nitrogen and oxygen atoms in total. The highest BCUT2D eigenvalue weighted by Crippen LogP contribution is 2.29. The maximum absolute atomic E-state index is 13.5. The second-order valence-corrected chi connectivity index (χ2v) is 12.9. The first-order chi connectivity index (χ1) is 22.0. The first-order valence-electron chi connectivity index (χ1n) is 15.4. The molecule has 3 heterocycles. The fourth-order valence-corrected chi connectivity index (χ4v) is 5.58. The Morgan fingerprint density at radius 1 is 0.935 bits per heavy atom. The lowest BCUT2D eigenvalue weighted by atomic mass is 9.92. The number of anilines is 2. The van der Waals surface area contributed by atoms with E-state index in [1.807, 2.05) is 32.9 Å². The van der Waals surface area contributed by atoms with Gasteiger partial charge in [-0.3, -0.25) is 19.3 Å². The van der Waals surface area contributed by atoms with E-state index in [4.69, 9.17) is 0 Å². The monoisotopic (exact) mass is 617 g/mol. The molecule has 0 bridgehead atoms. The summed E-state index contributed by atoms with van der Waals surface area (Å²) in [6.45, 7) is 10.2. The third-order valence-electron chi connectivity index (χ3n) is 8.40. The summed E-state index contributed by atoms with van der Waals surface area (Å²) in [5.41, 5.74) is 5.56.